The predicted octanol–water partition coefficient (Wildman–Crippen LogP) is 1.32. The molecule has 2 aromatic carbocycles. The second-order valence-electron chi connectivity index (χ2n) is 10.2. The van der Waals surface area contributed by atoms with Gasteiger partial charge in [-0.15, -0.1) is 12.4 Å². The number of methoxy groups -OCH3 is 1. The molecule has 2 saturated heterocycles. The van der Waals surface area contributed by atoms with Crippen LogP contribution < -0.4 is 10.5 Å². The van der Waals surface area contributed by atoms with Gasteiger partial charge in [-0.25, -0.2) is 8.42 Å². The molecule has 2 amide bonds. The van der Waals surface area contributed by atoms with Gasteiger partial charge in [-0.1, -0.05) is 36.4 Å². The first-order chi connectivity index (χ1) is 19.5. The zero-order chi connectivity index (χ0) is 29.7. The number of hydrogen-bond donors (Lipinski definition) is 2. The van der Waals surface area contributed by atoms with Crippen LogP contribution >= 0.6 is 12.4 Å². The molecule has 0 radical (unpaired) electrons. The first-order valence-corrected chi connectivity index (χ1v) is 15.1. The van der Waals surface area contributed by atoms with Crippen LogP contribution in [0, 0.1) is 11.3 Å². The summed E-state index contributed by atoms with van der Waals surface area (Å²) in [7, 11) is -2.07. The van der Waals surface area contributed by atoms with Crippen LogP contribution in [0.15, 0.2) is 48.5 Å². The van der Waals surface area contributed by atoms with Crippen molar-refractivity contribution in [3.8, 4) is 16.9 Å². The van der Waals surface area contributed by atoms with Gasteiger partial charge in [0, 0.05) is 31.7 Å². The lowest BCUT2D eigenvalue weighted by molar-refractivity contribution is -0.146. The number of rotatable bonds is 10. The molecule has 2 atom stereocenters. The Morgan fingerprint density at radius 1 is 1.00 bits per heavy atom. The third-order valence-corrected chi connectivity index (χ3v) is 8.77. The van der Waals surface area contributed by atoms with Crippen LogP contribution in [0.4, 0.5) is 0 Å². The highest BCUT2D eigenvalue weighted by molar-refractivity contribution is 7.88. The van der Waals surface area contributed by atoms with Gasteiger partial charge < -0.3 is 25.0 Å². The molecule has 228 valence electrons. The number of halogens is 1. The van der Waals surface area contributed by atoms with Crippen molar-refractivity contribution in [3.63, 3.8) is 0 Å². The molecule has 2 aliphatic rings. The molecule has 0 aliphatic carbocycles. The van der Waals surface area contributed by atoms with Crippen LogP contribution in [0.3, 0.4) is 0 Å². The molecule has 14 heteroatoms. The molecule has 2 aliphatic heterocycles. The Labute approximate surface area is 251 Å². The van der Waals surface area contributed by atoms with E-state index in [2.05, 4.69) is 0 Å². The fourth-order valence-corrected chi connectivity index (χ4v) is 5.91. The smallest absolute Gasteiger partial charge is 0.306 e. The van der Waals surface area contributed by atoms with Gasteiger partial charge >= 0.3 is 5.97 Å². The Hall–Kier alpha value is -3.68. The third kappa shape index (κ3) is 7.99. The molecule has 3 N–H and O–H groups in total. The van der Waals surface area contributed by atoms with Crippen LogP contribution in [-0.4, -0.2) is 105 Å². The summed E-state index contributed by atoms with van der Waals surface area (Å²) >= 11 is 0. The summed E-state index contributed by atoms with van der Waals surface area (Å²) in [5, 5.41) is 7.53. The van der Waals surface area contributed by atoms with Crippen molar-refractivity contribution in [2.75, 3.05) is 52.7 Å². The summed E-state index contributed by atoms with van der Waals surface area (Å²) in [5.74, 6) is -1.12. The number of piperazine rings is 1. The fraction of sp³-hybridized carbons (Fsp3) is 0.429. The fourth-order valence-electron chi connectivity index (χ4n) is 5.08. The zero-order valence-electron chi connectivity index (χ0n) is 23.5. The molecule has 2 heterocycles. The standard InChI is InChI=1S/C28H35N5O7S.ClH/c1-39-26(35)16-22-15-23(33(28(22)36)17-25(34)31-11-13-32(14-12-31)41(2,37)38)18-40-24-9-7-20(8-10-24)19-3-5-21(6-4-19)27(29)30;/h3-10,22-23H,11-18H2,1-2H3,(H3,29,30);1H/t22-,23-;/m0./s1. The lowest BCUT2D eigenvalue weighted by atomic mass is 10.0. The zero-order valence-corrected chi connectivity index (χ0v) is 25.2. The molecule has 2 aromatic rings. The monoisotopic (exact) mass is 621 g/mol. The van der Waals surface area contributed by atoms with Crippen molar-refractivity contribution >= 4 is 46.0 Å². The number of nitrogen functional groups attached to an aromatic ring is 1. The number of amides is 2. The van der Waals surface area contributed by atoms with Crippen molar-refractivity contribution in [2.24, 2.45) is 11.7 Å². The molecule has 0 saturated carbocycles. The molecule has 4 rings (SSSR count). The van der Waals surface area contributed by atoms with Crippen molar-refractivity contribution in [2.45, 2.75) is 18.9 Å². The van der Waals surface area contributed by atoms with Crippen molar-refractivity contribution in [1.82, 2.24) is 14.1 Å². The number of ether oxygens (including phenoxy) is 2. The van der Waals surface area contributed by atoms with E-state index >= 15 is 0 Å². The number of benzene rings is 2. The largest absolute Gasteiger partial charge is 0.491 e. The average molecular weight is 622 g/mol. The Kier molecular flexibility index (Phi) is 10.9. The summed E-state index contributed by atoms with van der Waals surface area (Å²) in [5.41, 5.74) is 8.07. The minimum absolute atomic E-state index is 0. The van der Waals surface area contributed by atoms with Gasteiger partial charge in [0.05, 0.1) is 31.7 Å². The highest BCUT2D eigenvalue weighted by Gasteiger charge is 2.42. The number of amidine groups is 1. The quantitative estimate of drug-likeness (QED) is 0.228. The molecule has 42 heavy (non-hydrogen) atoms. The van der Waals surface area contributed by atoms with Gasteiger partial charge in [0.25, 0.3) is 0 Å². The Balaban J connectivity index is 0.00000484. The number of nitrogens with one attached hydrogen (secondary N) is 1. The second-order valence-corrected chi connectivity index (χ2v) is 12.2. The lowest BCUT2D eigenvalue weighted by Crippen LogP contribution is -2.53. The number of nitrogens with two attached hydrogens (primary N) is 1. The summed E-state index contributed by atoms with van der Waals surface area (Å²) in [6, 6.07) is 14.3. The van der Waals surface area contributed by atoms with Gasteiger partial charge in [-0.2, -0.15) is 4.31 Å². The Morgan fingerprint density at radius 2 is 1.57 bits per heavy atom. The van der Waals surface area contributed by atoms with Gasteiger partial charge in [0.1, 0.15) is 24.7 Å². The maximum absolute atomic E-state index is 13.2. The Bertz CT molecular complexity index is 1390. The molecule has 0 bridgehead atoms. The first-order valence-electron chi connectivity index (χ1n) is 13.2. The number of carbonyl (C=O) groups excluding carboxylic acids is 3. The van der Waals surface area contributed by atoms with Crippen molar-refractivity contribution in [1.29, 1.82) is 5.41 Å². The molecule has 2 fully saturated rings. The maximum Gasteiger partial charge on any atom is 0.306 e. The normalized spacial score (nSPS) is 19.2. The van der Waals surface area contributed by atoms with Crippen LogP contribution in [0.1, 0.15) is 18.4 Å². The molecule has 0 spiro atoms. The van der Waals surface area contributed by atoms with E-state index < -0.39 is 28.0 Å². The topological polar surface area (TPSA) is 163 Å². The molecular formula is C28H36ClN5O7S. The van der Waals surface area contributed by atoms with Gasteiger partial charge in [0.15, 0.2) is 0 Å². The lowest BCUT2D eigenvalue weighted by Gasteiger charge is -2.35. The van der Waals surface area contributed by atoms with E-state index in [1.807, 2.05) is 36.4 Å². The maximum atomic E-state index is 13.2. The van der Waals surface area contributed by atoms with Crippen LogP contribution in [0.25, 0.3) is 11.1 Å². The highest BCUT2D eigenvalue weighted by atomic mass is 35.5. The van der Waals surface area contributed by atoms with E-state index in [9.17, 15) is 22.8 Å². The second kappa shape index (κ2) is 14.0. The number of likely N-dealkylation sites (tertiary alicyclic amines) is 1. The van der Waals surface area contributed by atoms with E-state index in [1.54, 1.807) is 17.0 Å². The van der Waals surface area contributed by atoms with Crippen LogP contribution in [-0.2, 0) is 29.1 Å². The highest BCUT2D eigenvalue weighted by Crippen LogP contribution is 2.29. The van der Waals surface area contributed by atoms with E-state index in [4.69, 9.17) is 20.6 Å². The number of nitrogens with zero attached hydrogens (tertiary/aromatic N) is 3. The summed E-state index contributed by atoms with van der Waals surface area (Å²) in [6.07, 6.45) is 1.39. The average Bonchev–Trinajstić information content (AvgIpc) is 3.25. The van der Waals surface area contributed by atoms with E-state index in [-0.39, 0.29) is 75.8 Å². The van der Waals surface area contributed by atoms with Gasteiger partial charge in [-0.3, -0.25) is 19.8 Å². The molecule has 0 aromatic heterocycles. The van der Waals surface area contributed by atoms with Gasteiger partial charge in [-0.05, 0) is 29.7 Å². The molecular weight excluding hydrogens is 586 g/mol. The van der Waals surface area contributed by atoms with E-state index in [0.717, 1.165) is 17.4 Å². The summed E-state index contributed by atoms with van der Waals surface area (Å²) < 4.78 is 35.7. The molecule has 12 nitrogen and oxygen atoms in total. The predicted molar refractivity (Wildman–Crippen MR) is 159 cm³/mol. The van der Waals surface area contributed by atoms with Gasteiger partial charge in [0.2, 0.25) is 21.8 Å². The van der Waals surface area contributed by atoms with Crippen LogP contribution in [0.5, 0.6) is 5.75 Å². The summed E-state index contributed by atoms with van der Waals surface area (Å²) in [4.78, 5) is 41.3. The van der Waals surface area contributed by atoms with Crippen molar-refractivity contribution in [3.05, 3.63) is 54.1 Å². The summed E-state index contributed by atoms with van der Waals surface area (Å²) in [6.45, 7) is 0.832. The number of esters is 1. The van der Waals surface area contributed by atoms with E-state index in [1.165, 1.54) is 16.3 Å². The number of sulfonamides is 1. The Morgan fingerprint density at radius 3 is 2.10 bits per heavy atom. The van der Waals surface area contributed by atoms with Crippen LogP contribution in [0.2, 0.25) is 0 Å². The van der Waals surface area contributed by atoms with E-state index in [0.29, 0.717) is 17.7 Å². The van der Waals surface area contributed by atoms with Crippen molar-refractivity contribution < 1.29 is 32.3 Å². The molecule has 0 unspecified atom stereocenters. The minimum atomic E-state index is -3.34. The first kappa shape index (κ1) is 32.8. The SMILES string of the molecule is COC(=O)C[C@@H]1C[C@@H](COc2ccc(-c3ccc(C(=N)N)cc3)cc2)N(CC(=O)N2CCN(S(C)(=O)=O)CC2)C1=O.Cl. The third-order valence-electron chi connectivity index (χ3n) is 7.46. The number of hydrogen-bond acceptors (Lipinski definition) is 8. The minimum Gasteiger partial charge on any atom is -0.491 e. The number of carbonyl (C=O) groups is 3.